The number of carbonyl (C=O) groups is 4. The molecule has 280 valence electrons. The molecule has 0 aliphatic heterocycles. The topological polar surface area (TPSA) is 151 Å². The molecule has 0 amide bonds. The van der Waals surface area contributed by atoms with Crippen LogP contribution >= 0.6 is 0 Å². The van der Waals surface area contributed by atoms with Crippen LogP contribution in [-0.2, 0) is 47.5 Å². The second-order valence-electron chi connectivity index (χ2n) is 11.9. The van der Waals surface area contributed by atoms with Crippen LogP contribution in [0.3, 0.4) is 0 Å². The SMILES string of the molecule is C=CC(=O)OCCOCCOC(C)OC(C)(C)C(=O)c1ccc(Oc2ccc(C(=O)C(C)(C)OC(C)OCCOCCOC(=O)C=C)cc2)cc1. The first kappa shape index (κ1) is 42.9. The van der Waals surface area contributed by atoms with E-state index in [0.717, 1.165) is 12.2 Å². The lowest BCUT2D eigenvalue weighted by molar-refractivity contribution is -0.181. The number of esters is 2. The maximum atomic E-state index is 13.2. The lowest BCUT2D eigenvalue weighted by atomic mass is 9.96. The van der Waals surface area contributed by atoms with Crippen molar-refractivity contribution in [2.24, 2.45) is 0 Å². The highest BCUT2D eigenvalue weighted by Crippen LogP contribution is 2.27. The van der Waals surface area contributed by atoms with Gasteiger partial charge in [-0.1, -0.05) is 13.2 Å². The summed E-state index contributed by atoms with van der Waals surface area (Å²) in [5.74, 6) is -0.516. The van der Waals surface area contributed by atoms with Gasteiger partial charge in [0, 0.05) is 23.3 Å². The van der Waals surface area contributed by atoms with E-state index >= 15 is 0 Å². The fourth-order valence-electron chi connectivity index (χ4n) is 4.46. The summed E-state index contributed by atoms with van der Waals surface area (Å²) in [6.07, 6.45) is 0.794. The molecule has 2 atom stereocenters. The zero-order chi connectivity index (χ0) is 37.9. The maximum Gasteiger partial charge on any atom is 0.330 e. The molecule has 0 saturated heterocycles. The van der Waals surface area contributed by atoms with E-state index in [0.29, 0.717) is 22.6 Å². The summed E-state index contributed by atoms with van der Waals surface area (Å²) in [6.45, 7) is 18.3. The normalized spacial score (nSPS) is 12.7. The molecule has 0 spiro atoms. The van der Waals surface area contributed by atoms with Crippen LogP contribution in [0.25, 0.3) is 0 Å². The molecule has 0 heterocycles. The number of Topliss-reactive ketones (excluding diaryl/α,β-unsaturated/α-hetero) is 2. The van der Waals surface area contributed by atoms with E-state index in [-0.39, 0.29) is 64.4 Å². The van der Waals surface area contributed by atoms with Crippen molar-refractivity contribution in [3.8, 4) is 11.5 Å². The molecular weight excluding hydrogens is 664 g/mol. The van der Waals surface area contributed by atoms with Crippen molar-refractivity contribution in [3.63, 3.8) is 0 Å². The fraction of sp³-hybridized carbons (Fsp3) is 0.474. The number of ketones is 2. The van der Waals surface area contributed by atoms with Gasteiger partial charge in [0.2, 0.25) is 0 Å². The van der Waals surface area contributed by atoms with E-state index in [9.17, 15) is 19.2 Å². The molecular formula is C38H50O13. The van der Waals surface area contributed by atoms with Gasteiger partial charge < -0.3 is 42.6 Å². The van der Waals surface area contributed by atoms with Crippen LogP contribution in [0.4, 0.5) is 0 Å². The lowest BCUT2D eigenvalue weighted by Crippen LogP contribution is -2.39. The molecule has 13 nitrogen and oxygen atoms in total. The van der Waals surface area contributed by atoms with E-state index in [2.05, 4.69) is 13.2 Å². The van der Waals surface area contributed by atoms with Crippen molar-refractivity contribution in [1.82, 2.24) is 0 Å². The second kappa shape index (κ2) is 21.9. The summed E-state index contributed by atoms with van der Waals surface area (Å²) in [5.41, 5.74) is -1.50. The molecule has 0 radical (unpaired) electrons. The van der Waals surface area contributed by atoms with Crippen LogP contribution in [0.15, 0.2) is 73.8 Å². The molecule has 2 unspecified atom stereocenters. The summed E-state index contributed by atoms with van der Waals surface area (Å²) in [6, 6.07) is 13.3. The number of hydrogen-bond donors (Lipinski definition) is 0. The van der Waals surface area contributed by atoms with Crippen LogP contribution < -0.4 is 4.74 Å². The predicted molar refractivity (Wildman–Crippen MR) is 187 cm³/mol. The number of rotatable bonds is 26. The highest BCUT2D eigenvalue weighted by molar-refractivity contribution is 6.02. The standard InChI is InChI=1S/C38H50O13/c1-9-33(39)47-25-21-43-19-23-45-27(3)50-37(5,6)35(41)29-11-15-31(16-12-29)49-32-17-13-30(14-18-32)36(42)38(7,8)51-28(4)46-24-20-44-22-26-48-34(40)10-2/h9-18,27-28H,1-2,19-26H2,3-8H3. The van der Waals surface area contributed by atoms with E-state index in [1.54, 1.807) is 90.1 Å². The van der Waals surface area contributed by atoms with Crippen molar-refractivity contribution < 1.29 is 61.8 Å². The Bertz CT molecular complexity index is 1310. The van der Waals surface area contributed by atoms with Crippen LogP contribution in [0.1, 0.15) is 62.3 Å². The van der Waals surface area contributed by atoms with Gasteiger partial charge in [0.15, 0.2) is 24.1 Å². The third-order valence-electron chi connectivity index (χ3n) is 6.92. The molecule has 0 bridgehead atoms. The first-order valence-electron chi connectivity index (χ1n) is 16.5. The van der Waals surface area contributed by atoms with Crippen LogP contribution in [0.2, 0.25) is 0 Å². The Kier molecular flexibility index (Phi) is 18.4. The van der Waals surface area contributed by atoms with E-state index in [1.807, 2.05) is 0 Å². The van der Waals surface area contributed by atoms with Gasteiger partial charge in [0.25, 0.3) is 0 Å². The Morgan fingerprint density at radius 3 is 1.24 bits per heavy atom. The lowest BCUT2D eigenvalue weighted by Gasteiger charge is -2.28. The zero-order valence-electron chi connectivity index (χ0n) is 30.3. The first-order chi connectivity index (χ1) is 24.2. The first-order valence-corrected chi connectivity index (χ1v) is 16.5. The summed E-state index contributed by atoms with van der Waals surface area (Å²) >= 11 is 0. The number of carbonyl (C=O) groups excluding carboxylic acids is 4. The minimum atomic E-state index is -1.18. The second-order valence-corrected chi connectivity index (χ2v) is 11.9. The van der Waals surface area contributed by atoms with Gasteiger partial charge in [0.05, 0.1) is 39.6 Å². The molecule has 0 aromatic heterocycles. The van der Waals surface area contributed by atoms with Crippen molar-refractivity contribution in [2.75, 3.05) is 52.9 Å². The van der Waals surface area contributed by atoms with E-state index < -0.39 is 35.7 Å². The Morgan fingerprint density at radius 1 is 0.569 bits per heavy atom. The maximum absolute atomic E-state index is 13.2. The monoisotopic (exact) mass is 714 g/mol. The largest absolute Gasteiger partial charge is 0.460 e. The Balaban J connectivity index is 1.79. The van der Waals surface area contributed by atoms with Gasteiger partial charge >= 0.3 is 11.9 Å². The van der Waals surface area contributed by atoms with Crippen molar-refractivity contribution in [1.29, 1.82) is 0 Å². The molecule has 0 saturated carbocycles. The minimum Gasteiger partial charge on any atom is -0.460 e. The zero-order valence-corrected chi connectivity index (χ0v) is 30.3. The molecule has 2 aromatic rings. The summed E-state index contributed by atoms with van der Waals surface area (Å²) in [7, 11) is 0. The van der Waals surface area contributed by atoms with Gasteiger partial charge in [-0.05, 0) is 90.1 Å². The molecule has 2 rings (SSSR count). The van der Waals surface area contributed by atoms with Crippen LogP contribution in [0, 0.1) is 0 Å². The molecule has 0 aliphatic rings. The Morgan fingerprint density at radius 2 is 0.902 bits per heavy atom. The van der Waals surface area contributed by atoms with E-state index in [1.165, 1.54) is 0 Å². The third-order valence-corrected chi connectivity index (χ3v) is 6.92. The molecule has 2 aromatic carbocycles. The molecule has 0 fully saturated rings. The average molecular weight is 715 g/mol. The molecule has 0 N–H and O–H groups in total. The van der Waals surface area contributed by atoms with Crippen molar-refractivity contribution >= 4 is 23.5 Å². The summed E-state index contributed by atoms with van der Waals surface area (Å²) < 4.78 is 49.2. The average Bonchev–Trinajstić information content (AvgIpc) is 3.10. The summed E-state index contributed by atoms with van der Waals surface area (Å²) in [5, 5.41) is 0. The predicted octanol–water partition coefficient (Wildman–Crippen LogP) is 5.65. The van der Waals surface area contributed by atoms with Crippen LogP contribution in [-0.4, -0.2) is 100 Å². The van der Waals surface area contributed by atoms with Gasteiger partial charge in [-0.15, -0.1) is 0 Å². The fourth-order valence-corrected chi connectivity index (χ4v) is 4.46. The minimum absolute atomic E-state index is 0.112. The van der Waals surface area contributed by atoms with E-state index in [4.69, 9.17) is 42.6 Å². The number of ether oxygens (including phenoxy) is 9. The smallest absolute Gasteiger partial charge is 0.330 e. The molecule has 0 aliphatic carbocycles. The summed E-state index contributed by atoms with van der Waals surface area (Å²) in [4.78, 5) is 48.4. The van der Waals surface area contributed by atoms with Crippen LogP contribution in [0.5, 0.6) is 11.5 Å². The van der Waals surface area contributed by atoms with Crippen molar-refractivity contribution in [3.05, 3.63) is 85.0 Å². The third kappa shape index (κ3) is 16.1. The Labute approximate surface area is 299 Å². The van der Waals surface area contributed by atoms with Crippen molar-refractivity contribution in [2.45, 2.75) is 65.3 Å². The quantitative estimate of drug-likeness (QED) is 0.0388. The van der Waals surface area contributed by atoms with Gasteiger partial charge in [0.1, 0.15) is 35.9 Å². The highest BCUT2D eigenvalue weighted by Gasteiger charge is 2.33. The van der Waals surface area contributed by atoms with Gasteiger partial charge in [-0.25, -0.2) is 9.59 Å². The van der Waals surface area contributed by atoms with Gasteiger partial charge in [-0.2, -0.15) is 0 Å². The molecule has 51 heavy (non-hydrogen) atoms. The highest BCUT2D eigenvalue weighted by atomic mass is 16.7. The molecule has 13 heteroatoms. The number of hydrogen-bond acceptors (Lipinski definition) is 13. The number of benzene rings is 2. The van der Waals surface area contributed by atoms with Gasteiger partial charge in [-0.3, -0.25) is 9.59 Å². The Hall–Kier alpha value is -4.24.